The summed E-state index contributed by atoms with van der Waals surface area (Å²) in [5, 5.41) is -0.215. The molecule has 0 aromatic heterocycles. The summed E-state index contributed by atoms with van der Waals surface area (Å²) >= 11 is 4.38. The highest BCUT2D eigenvalue weighted by Gasteiger charge is 2.33. The molecule has 1 aliphatic rings. The predicted molar refractivity (Wildman–Crippen MR) is 103 cm³/mol. The van der Waals surface area contributed by atoms with E-state index in [4.69, 9.17) is 4.74 Å². The van der Waals surface area contributed by atoms with Crippen molar-refractivity contribution in [2.75, 3.05) is 6.54 Å². The highest BCUT2D eigenvalue weighted by Crippen LogP contribution is 2.32. The molecule has 3 rings (SSSR count). The first kappa shape index (κ1) is 17.8. The van der Waals surface area contributed by atoms with Crippen molar-refractivity contribution >= 4 is 44.9 Å². The van der Waals surface area contributed by atoms with Crippen molar-refractivity contribution in [3.8, 4) is 5.75 Å². The average Bonchev–Trinajstić information content (AvgIpc) is 2.88. The van der Waals surface area contributed by atoms with Gasteiger partial charge in [0, 0.05) is 11.0 Å². The standard InChI is InChI=1S/C19H16BrNO3S/c1-2-21-18(22)17(25-19(21)23)11-13-5-9-16(10-6-13)24-12-14-3-7-15(20)8-4-14/h3-11H,2,12H2,1H3/b17-11+. The second-order valence-corrected chi connectivity index (χ2v) is 7.32. The van der Waals surface area contributed by atoms with Gasteiger partial charge in [0.25, 0.3) is 11.1 Å². The fourth-order valence-electron chi connectivity index (χ4n) is 2.33. The lowest BCUT2D eigenvalue weighted by atomic mass is 10.2. The predicted octanol–water partition coefficient (Wildman–Crippen LogP) is 5.08. The Morgan fingerprint density at radius 1 is 1.08 bits per heavy atom. The van der Waals surface area contributed by atoms with Crippen LogP contribution in [0, 0.1) is 0 Å². The van der Waals surface area contributed by atoms with Crippen LogP contribution in [0.1, 0.15) is 18.1 Å². The molecular formula is C19H16BrNO3S. The van der Waals surface area contributed by atoms with Gasteiger partial charge in [-0.15, -0.1) is 0 Å². The Hall–Kier alpha value is -2.05. The molecule has 1 saturated heterocycles. The van der Waals surface area contributed by atoms with Gasteiger partial charge >= 0.3 is 0 Å². The molecule has 1 aliphatic heterocycles. The molecule has 1 fully saturated rings. The van der Waals surface area contributed by atoms with Gasteiger partial charge in [-0.3, -0.25) is 14.5 Å². The van der Waals surface area contributed by atoms with E-state index in [1.165, 1.54) is 4.90 Å². The second-order valence-electron chi connectivity index (χ2n) is 5.41. The molecule has 0 unspecified atom stereocenters. The summed E-state index contributed by atoms with van der Waals surface area (Å²) in [7, 11) is 0. The summed E-state index contributed by atoms with van der Waals surface area (Å²) in [5.41, 5.74) is 1.94. The minimum atomic E-state index is -0.229. The summed E-state index contributed by atoms with van der Waals surface area (Å²) in [6.45, 7) is 2.67. The number of hydrogen-bond donors (Lipinski definition) is 0. The number of benzene rings is 2. The molecule has 4 nitrogen and oxygen atoms in total. The zero-order chi connectivity index (χ0) is 17.8. The minimum Gasteiger partial charge on any atom is -0.489 e. The van der Waals surface area contributed by atoms with Crippen molar-refractivity contribution in [2.24, 2.45) is 0 Å². The highest BCUT2D eigenvalue weighted by molar-refractivity contribution is 9.10. The molecule has 2 amide bonds. The van der Waals surface area contributed by atoms with Crippen molar-refractivity contribution in [1.29, 1.82) is 0 Å². The van der Waals surface area contributed by atoms with Crippen molar-refractivity contribution < 1.29 is 14.3 Å². The number of nitrogens with zero attached hydrogens (tertiary/aromatic N) is 1. The number of halogens is 1. The van der Waals surface area contributed by atoms with Crippen LogP contribution in [0.15, 0.2) is 57.9 Å². The van der Waals surface area contributed by atoms with Crippen LogP contribution in [-0.2, 0) is 11.4 Å². The van der Waals surface area contributed by atoms with E-state index in [-0.39, 0.29) is 11.1 Å². The molecule has 0 saturated carbocycles. The Labute approximate surface area is 159 Å². The topological polar surface area (TPSA) is 46.6 Å². The lowest BCUT2D eigenvalue weighted by Gasteiger charge is -2.07. The largest absolute Gasteiger partial charge is 0.489 e. The number of amides is 2. The molecule has 0 bridgehead atoms. The van der Waals surface area contributed by atoms with Gasteiger partial charge in [-0.25, -0.2) is 0 Å². The van der Waals surface area contributed by atoms with Crippen molar-refractivity contribution in [3.63, 3.8) is 0 Å². The third kappa shape index (κ3) is 4.32. The molecule has 6 heteroatoms. The van der Waals surface area contributed by atoms with Crippen LogP contribution >= 0.6 is 27.7 Å². The lowest BCUT2D eigenvalue weighted by Crippen LogP contribution is -2.27. The van der Waals surface area contributed by atoms with Gasteiger partial charge in [0.2, 0.25) is 0 Å². The first-order valence-corrected chi connectivity index (χ1v) is 9.40. The summed E-state index contributed by atoms with van der Waals surface area (Å²) in [6.07, 6.45) is 1.74. The molecule has 25 heavy (non-hydrogen) atoms. The van der Waals surface area contributed by atoms with Crippen molar-refractivity contribution in [1.82, 2.24) is 4.90 Å². The number of ether oxygens (including phenoxy) is 1. The number of imide groups is 1. The molecule has 0 radical (unpaired) electrons. The van der Waals surface area contributed by atoms with E-state index in [2.05, 4.69) is 15.9 Å². The van der Waals surface area contributed by atoms with Crippen LogP contribution in [0.5, 0.6) is 5.75 Å². The summed E-state index contributed by atoms with van der Waals surface area (Å²) in [4.78, 5) is 25.5. The van der Waals surface area contributed by atoms with Gasteiger partial charge in [-0.05, 0) is 60.2 Å². The second kappa shape index (κ2) is 7.89. The van der Waals surface area contributed by atoms with E-state index < -0.39 is 0 Å². The molecule has 2 aromatic rings. The van der Waals surface area contributed by atoms with E-state index >= 15 is 0 Å². The average molecular weight is 418 g/mol. The van der Waals surface area contributed by atoms with E-state index in [0.717, 1.165) is 33.1 Å². The zero-order valence-electron chi connectivity index (χ0n) is 13.6. The number of thioether (sulfide) groups is 1. The van der Waals surface area contributed by atoms with Gasteiger partial charge < -0.3 is 4.74 Å². The number of likely N-dealkylation sites (N-methyl/N-ethyl adjacent to an activating group) is 1. The Balaban J connectivity index is 1.64. The normalized spacial score (nSPS) is 15.9. The van der Waals surface area contributed by atoms with E-state index in [1.807, 2.05) is 48.5 Å². The number of hydrogen-bond acceptors (Lipinski definition) is 4. The highest BCUT2D eigenvalue weighted by atomic mass is 79.9. The monoisotopic (exact) mass is 417 g/mol. The van der Waals surface area contributed by atoms with E-state index in [1.54, 1.807) is 13.0 Å². The zero-order valence-corrected chi connectivity index (χ0v) is 16.0. The maximum atomic E-state index is 12.1. The van der Waals surface area contributed by atoms with Crippen LogP contribution in [0.4, 0.5) is 4.79 Å². The molecule has 0 aliphatic carbocycles. The maximum absolute atomic E-state index is 12.1. The molecule has 0 N–H and O–H groups in total. The van der Waals surface area contributed by atoms with Crippen LogP contribution in [0.2, 0.25) is 0 Å². The quantitative estimate of drug-likeness (QED) is 0.635. The van der Waals surface area contributed by atoms with E-state index in [9.17, 15) is 9.59 Å². The van der Waals surface area contributed by atoms with Gasteiger partial charge in [0.05, 0.1) is 4.91 Å². The first-order chi connectivity index (χ1) is 12.1. The molecule has 1 heterocycles. The third-order valence-electron chi connectivity index (χ3n) is 3.69. The Morgan fingerprint density at radius 2 is 1.76 bits per heavy atom. The Morgan fingerprint density at radius 3 is 2.36 bits per heavy atom. The van der Waals surface area contributed by atoms with Gasteiger partial charge in [0.15, 0.2) is 0 Å². The van der Waals surface area contributed by atoms with Crippen LogP contribution in [0.25, 0.3) is 6.08 Å². The van der Waals surface area contributed by atoms with E-state index in [0.29, 0.717) is 18.1 Å². The SMILES string of the molecule is CCN1C(=O)S/C(=C/c2ccc(OCc3ccc(Br)cc3)cc2)C1=O. The van der Waals surface area contributed by atoms with Crippen molar-refractivity contribution in [2.45, 2.75) is 13.5 Å². The van der Waals surface area contributed by atoms with Crippen LogP contribution < -0.4 is 4.74 Å². The number of rotatable bonds is 5. The minimum absolute atomic E-state index is 0.215. The molecular weight excluding hydrogens is 402 g/mol. The number of carbonyl (C=O) groups is 2. The third-order valence-corrected chi connectivity index (χ3v) is 5.12. The number of carbonyl (C=O) groups excluding carboxylic acids is 2. The Kier molecular flexibility index (Phi) is 5.60. The summed E-state index contributed by atoms with van der Waals surface area (Å²) in [5.74, 6) is 0.523. The lowest BCUT2D eigenvalue weighted by molar-refractivity contribution is -0.122. The van der Waals surface area contributed by atoms with Crippen LogP contribution in [-0.4, -0.2) is 22.6 Å². The molecule has 128 valence electrons. The summed E-state index contributed by atoms with van der Waals surface area (Å²) < 4.78 is 6.79. The van der Waals surface area contributed by atoms with Crippen molar-refractivity contribution in [3.05, 3.63) is 69.0 Å². The van der Waals surface area contributed by atoms with Gasteiger partial charge in [0.1, 0.15) is 12.4 Å². The first-order valence-electron chi connectivity index (χ1n) is 7.79. The molecule has 0 atom stereocenters. The molecule has 0 spiro atoms. The maximum Gasteiger partial charge on any atom is 0.293 e. The van der Waals surface area contributed by atoms with Gasteiger partial charge in [-0.1, -0.05) is 40.2 Å². The fraction of sp³-hybridized carbons (Fsp3) is 0.158. The summed E-state index contributed by atoms with van der Waals surface area (Å²) in [6, 6.07) is 15.4. The Bertz CT molecular complexity index is 816. The molecule has 2 aromatic carbocycles. The fourth-order valence-corrected chi connectivity index (χ4v) is 3.50. The smallest absolute Gasteiger partial charge is 0.293 e. The van der Waals surface area contributed by atoms with Gasteiger partial charge in [-0.2, -0.15) is 0 Å². The van der Waals surface area contributed by atoms with Crippen LogP contribution in [0.3, 0.4) is 0 Å².